The van der Waals surface area contributed by atoms with Crippen LogP contribution >= 0.6 is 0 Å². The SMILES string of the molecule is CCO[C@@H]1CN(C(=O)c2ccncn2)[C@@H]2CCCO[C@@H]21. The van der Waals surface area contributed by atoms with Gasteiger partial charge in [0.15, 0.2) is 0 Å². The minimum absolute atomic E-state index is 0.00510. The van der Waals surface area contributed by atoms with Gasteiger partial charge in [0.2, 0.25) is 0 Å². The van der Waals surface area contributed by atoms with Gasteiger partial charge in [-0.2, -0.15) is 0 Å². The standard InChI is InChI=1S/C14H19N3O3/c1-2-19-12-8-17(11-4-3-7-20-13(11)12)14(18)10-5-6-15-9-16-10/h5-6,9,11-13H,2-4,7-8H2,1H3/t11-,12-,13+/m1/s1. The Kier molecular flexibility index (Phi) is 3.93. The fourth-order valence-corrected chi connectivity index (χ4v) is 3.07. The number of hydrogen-bond acceptors (Lipinski definition) is 5. The van der Waals surface area contributed by atoms with Crippen LogP contribution in [0.3, 0.4) is 0 Å². The van der Waals surface area contributed by atoms with E-state index in [4.69, 9.17) is 9.47 Å². The molecule has 0 N–H and O–H groups in total. The van der Waals surface area contributed by atoms with Crippen LogP contribution in [-0.4, -0.2) is 58.8 Å². The van der Waals surface area contributed by atoms with Gasteiger partial charge in [0.1, 0.15) is 24.2 Å². The van der Waals surface area contributed by atoms with Gasteiger partial charge in [0.05, 0.1) is 12.6 Å². The molecule has 0 unspecified atom stereocenters. The minimum atomic E-state index is -0.0601. The zero-order chi connectivity index (χ0) is 13.9. The fraction of sp³-hybridized carbons (Fsp3) is 0.643. The Morgan fingerprint density at radius 3 is 3.25 bits per heavy atom. The molecule has 1 aromatic heterocycles. The molecule has 108 valence electrons. The molecule has 0 saturated carbocycles. The van der Waals surface area contributed by atoms with E-state index >= 15 is 0 Å². The van der Waals surface area contributed by atoms with Crippen LogP contribution in [-0.2, 0) is 9.47 Å². The molecular weight excluding hydrogens is 258 g/mol. The summed E-state index contributed by atoms with van der Waals surface area (Å²) in [5.41, 5.74) is 0.432. The number of amides is 1. The van der Waals surface area contributed by atoms with Crippen LogP contribution < -0.4 is 0 Å². The predicted molar refractivity (Wildman–Crippen MR) is 71.2 cm³/mol. The van der Waals surface area contributed by atoms with Crippen LogP contribution in [0.2, 0.25) is 0 Å². The highest BCUT2D eigenvalue weighted by molar-refractivity contribution is 5.92. The second kappa shape index (κ2) is 5.85. The molecule has 3 rings (SSSR count). The third kappa shape index (κ3) is 2.41. The topological polar surface area (TPSA) is 64.5 Å². The molecule has 0 radical (unpaired) electrons. The highest BCUT2D eigenvalue weighted by Gasteiger charge is 2.46. The molecule has 2 aliphatic heterocycles. The average Bonchev–Trinajstić information content (AvgIpc) is 2.87. The van der Waals surface area contributed by atoms with Gasteiger partial charge in [-0.15, -0.1) is 0 Å². The van der Waals surface area contributed by atoms with Crippen LogP contribution in [0.4, 0.5) is 0 Å². The highest BCUT2D eigenvalue weighted by atomic mass is 16.5. The fourth-order valence-electron chi connectivity index (χ4n) is 3.07. The Labute approximate surface area is 118 Å². The van der Waals surface area contributed by atoms with Crippen molar-refractivity contribution in [2.45, 2.75) is 38.0 Å². The lowest BCUT2D eigenvalue weighted by Crippen LogP contribution is -2.44. The molecule has 2 aliphatic rings. The smallest absolute Gasteiger partial charge is 0.273 e. The molecule has 0 aliphatic carbocycles. The predicted octanol–water partition coefficient (Wildman–Crippen LogP) is 0.885. The van der Waals surface area contributed by atoms with Gasteiger partial charge >= 0.3 is 0 Å². The van der Waals surface area contributed by atoms with Crippen molar-refractivity contribution in [2.75, 3.05) is 19.8 Å². The molecule has 3 heterocycles. The summed E-state index contributed by atoms with van der Waals surface area (Å²) in [5.74, 6) is -0.0601. The van der Waals surface area contributed by atoms with E-state index in [1.165, 1.54) is 6.33 Å². The van der Waals surface area contributed by atoms with Crippen LogP contribution in [0.15, 0.2) is 18.6 Å². The Morgan fingerprint density at radius 2 is 2.50 bits per heavy atom. The molecule has 0 aromatic carbocycles. The van der Waals surface area contributed by atoms with Crippen molar-refractivity contribution >= 4 is 5.91 Å². The van der Waals surface area contributed by atoms with Crippen molar-refractivity contribution in [3.8, 4) is 0 Å². The largest absolute Gasteiger partial charge is 0.374 e. The number of hydrogen-bond donors (Lipinski definition) is 0. The summed E-state index contributed by atoms with van der Waals surface area (Å²) in [6.07, 6.45) is 4.90. The summed E-state index contributed by atoms with van der Waals surface area (Å²) < 4.78 is 11.6. The molecule has 20 heavy (non-hydrogen) atoms. The molecule has 6 nitrogen and oxygen atoms in total. The summed E-state index contributed by atoms with van der Waals surface area (Å²) in [7, 11) is 0. The molecule has 0 spiro atoms. The number of carbonyl (C=O) groups is 1. The van der Waals surface area contributed by atoms with E-state index in [2.05, 4.69) is 9.97 Å². The minimum Gasteiger partial charge on any atom is -0.374 e. The van der Waals surface area contributed by atoms with Gasteiger partial charge in [-0.25, -0.2) is 9.97 Å². The van der Waals surface area contributed by atoms with Gasteiger partial charge in [-0.1, -0.05) is 0 Å². The molecule has 6 heteroatoms. The first kappa shape index (κ1) is 13.5. The van der Waals surface area contributed by atoms with Crippen LogP contribution in [0.1, 0.15) is 30.3 Å². The molecule has 2 fully saturated rings. The molecule has 1 aromatic rings. The van der Waals surface area contributed by atoms with E-state index in [0.717, 1.165) is 19.4 Å². The Morgan fingerprint density at radius 1 is 1.60 bits per heavy atom. The number of ether oxygens (including phenoxy) is 2. The van der Waals surface area contributed by atoms with Gasteiger partial charge in [0.25, 0.3) is 5.91 Å². The summed E-state index contributed by atoms with van der Waals surface area (Å²) in [5, 5.41) is 0. The number of aromatic nitrogens is 2. The Balaban J connectivity index is 1.80. The second-order valence-electron chi connectivity index (χ2n) is 5.09. The van der Waals surface area contributed by atoms with Crippen molar-refractivity contribution in [3.63, 3.8) is 0 Å². The third-order valence-corrected chi connectivity index (χ3v) is 3.92. The lowest BCUT2D eigenvalue weighted by molar-refractivity contribution is -0.0737. The van der Waals surface area contributed by atoms with Gasteiger partial charge in [-0.05, 0) is 25.8 Å². The quantitative estimate of drug-likeness (QED) is 0.821. The summed E-state index contributed by atoms with van der Waals surface area (Å²) in [6.45, 7) is 3.92. The number of likely N-dealkylation sites (tertiary alicyclic amines) is 1. The molecule has 2 saturated heterocycles. The van der Waals surface area contributed by atoms with Crippen molar-refractivity contribution in [1.82, 2.24) is 14.9 Å². The first-order chi connectivity index (χ1) is 9.81. The summed E-state index contributed by atoms with van der Waals surface area (Å²) in [6, 6.07) is 1.75. The Bertz CT molecular complexity index is 468. The van der Waals surface area contributed by atoms with Crippen molar-refractivity contribution in [2.24, 2.45) is 0 Å². The molecule has 0 bridgehead atoms. The van der Waals surface area contributed by atoms with Crippen LogP contribution in [0.5, 0.6) is 0 Å². The van der Waals surface area contributed by atoms with E-state index in [9.17, 15) is 4.79 Å². The molecular formula is C14H19N3O3. The van der Waals surface area contributed by atoms with E-state index in [1.807, 2.05) is 11.8 Å². The average molecular weight is 277 g/mol. The third-order valence-electron chi connectivity index (χ3n) is 3.92. The van der Waals surface area contributed by atoms with Crippen LogP contribution in [0.25, 0.3) is 0 Å². The molecule has 1 amide bonds. The van der Waals surface area contributed by atoms with E-state index < -0.39 is 0 Å². The van der Waals surface area contributed by atoms with Crippen molar-refractivity contribution in [1.29, 1.82) is 0 Å². The second-order valence-corrected chi connectivity index (χ2v) is 5.09. The van der Waals surface area contributed by atoms with E-state index in [1.54, 1.807) is 12.3 Å². The maximum atomic E-state index is 12.6. The van der Waals surface area contributed by atoms with E-state index in [-0.39, 0.29) is 24.2 Å². The summed E-state index contributed by atoms with van der Waals surface area (Å²) >= 11 is 0. The number of carbonyl (C=O) groups excluding carboxylic acids is 1. The van der Waals surface area contributed by atoms with Crippen molar-refractivity contribution in [3.05, 3.63) is 24.3 Å². The summed E-state index contributed by atoms with van der Waals surface area (Å²) in [4.78, 5) is 22.3. The number of nitrogens with zero attached hydrogens (tertiary/aromatic N) is 3. The van der Waals surface area contributed by atoms with Gasteiger partial charge in [0, 0.05) is 19.4 Å². The van der Waals surface area contributed by atoms with E-state index in [0.29, 0.717) is 18.8 Å². The zero-order valence-corrected chi connectivity index (χ0v) is 11.6. The zero-order valence-electron chi connectivity index (χ0n) is 11.6. The molecule has 3 atom stereocenters. The van der Waals surface area contributed by atoms with Gasteiger partial charge in [-0.3, -0.25) is 4.79 Å². The first-order valence-electron chi connectivity index (χ1n) is 7.11. The number of rotatable bonds is 3. The lowest BCUT2D eigenvalue weighted by Gasteiger charge is -2.31. The lowest BCUT2D eigenvalue weighted by atomic mass is 10.0. The number of fused-ring (bicyclic) bond motifs is 1. The monoisotopic (exact) mass is 277 g/mol. The van der Waals surface area contributed by atoms with Crippen molar-refractivity contribution < 1.29 is 14.3 Å². The van der Waals surface area contributed by atoms with Gasteiger partial charge < -0.3 is 14.4 Å². The maximum Gasteiger partial charge on any atom is 0.273 e. The maximum absolute atomic E-state index is 12.6. The Hall–Kier alpha value is -1.53. The first-order valence-corrected chi connectivity index (χ1v) is 7.11. The highest BCUT2D eigenvalue weighted by Crippen LogP contribution is 2.31. The van der Waals surface area contributed by atoms with Crippen LogP contribution in [0, 0.1) is 0 Å². The normalized spacial score (nSPS) is 29.2.